The van der Waals surface area contributed by atoms with Crippen LogP contribution in [0.4, 0.5) is 0 Å². The molecule has 43 valence electrons. The Kier molecular flexibility index (Phi) is 2.25. The SMILES string of the molecule is C[CH]OS(C)(=O)=O. The molecule has 7 heavy (non-hydrogen) atoms. The standard InChI is InChI=1S/C3H7O3S/c1-3-6-7(2,4)5/h3H,1-2H3. The summed E-state index contributed by atoms with van der Waals surface area (Å²) in [5.41, 5.74) is 0. The van der Waals surface area contributed by atoms with Crippen LogP contribution < -0.4 is 0 Å². The maximum atomic E-state index is 9.98. The first-order valence-electron chi connectivity index (χ1n) is 1.72. The van der Waals surface area contributed by atoms with Crippen molar-refractivity contribution in [3.05, 3.63) is 6.61 Å². The second-order valence-electron chi connectivity index (χ2n) is 1.04. The van der Waals surface area contributed by atoms with Gasteiger partial charge in [-0.05, 0) is 6.92 Å². The molecule has 0 rings (SSSR count). The Labute approximate surface area is 43.4 Å². The Hall–Kier alpha value is -0.0900. The fourth-order valence-corrected chi connectivity index (χ4v) is 0.524. The highest BCUT2D eigenvalue weighted by Crippen LogP contribution is 1.86. The normalized spacial score (nSPS) is 11.7. The van der Waals surface area contributed by atoms with Crippen molar-refractivity contribution in [2.24, 2.45) is 0 Å². The Morgan fingerprint density at radius 3 is 2.00 bits per heavy atom. The van der Waals surface area contributed by atoms with Gasteiger partial charge >= 0.3 is 0 Å². The first-order valence-corrected chi connectivity index (χ1v) is 3.54. The minimum atomic E-state index is -3.23. The van der Waals surface area contributed by atoms with Gasteiger partial charge in [0.1, 0.15) is 6.61 Å². The van der Waals surface area contributed by atoms with Crippen LogP contribution in [0.5, 0.6) is 0 Å². The number of hydrogen-bond donors (Lipinski definition) is 0. The lowest BCUT2D eigenvalue weighted by Crippen LogP contribution is -1.97. The zero-order valence-corrected chi connectivity index (χ0v) is 5.03. The predicted molar refractivity (Wildman–Crippen MR) is 25.9 cm³/mol. The zero-order valence-electron chi connectivity index (χ0n) is 4.21. The molecule has 0 aliphatic rings. The van der Waals surface area contributed by atoms with E-state index in [2.05, 4.69) is 4.18 Å². The summed E-state index contributed by atoms with van der Waals surface area (Å²) in [4.78, 5) is 0. The van der Waals surface area contributed by atoms with E-state index in [-0.39, 0.29) is 0 Å². The lowest BCUT2D eigenvalue weighted by Gasteiger charge is -1.89. The van der Waals surface area contributed by atoms with Crippen LogP contribution >= 0.6 is 0 Å². The molecule has 0 heterocycles. The molecule has 0 saturated heterocycles. The van der Waals surface area contributed by atoms with Gasteiger partial charge in [0.25, 0.3) is 10.1 Å². The molecule has 0 spiro atoms. The van der Waals surface area contributed by atoms with Gasteiger partial charge in [-0.1, -0.05) is 0 Å². The summed E-state index contributed by atoms with van der Waals surface area (Å²) in [6, 6.07) is 0. The molecule has 0 aromatic rings. The summed E-state index contributed by atoms with van der Waals surface area (Å²) in [7, 11) is -3.23. The van der Waals surface area contributed by atoms with Gasteiger partial charge in [0.05, 0.1) is 6.26 Å². The van der Waals surface area contributed by atoms with Crippen molar-refractivity contribution >= 4 is 10.1 Å². The molecule has 0 N–H and O–H groups in total. The first kappa shape index (κ1) is 6.91. The van der Waals surface area contributed by atoms with E-state index in [4.69, 9.17) is 0 Å². The Bertz CT molecular complexity index is 123. The monoisotopic (exact) mass is 123 g/mol. The quantitative estimate of drug-likeness (QED) is 0.491. The summed E-state index contributed by atoms with van der Waals surface area (Å²) in [6.45, 7) is 2.62. The molecule has 0 bridgehead atoms. The molecule has 0 fully saturated rings. The number of rotatable bonds is 2. The highest BCUT2D eigenvalue weighted by molar-refractivity contribution is 7.86. The van der Waals surface area contributed by atoms with Crippen molar-refractivity contribution < 1.29 is 12.6 Å². The van der Waals surface area contributed by atoms with E-state index < -0.39 is 10.1 Å². The molecule has 0 aromatic carbocycles. The van der Waals surface area contributed by atoms with Crippen LogP contribution in [-0.4, -0.2) is 14.7 Å². The molecule has 3 nitrogen and oxygen atoms in total. The third kappa shape index (κ3) is 5.91. The topological polar surface area (TPSA) is 43.4 Å². The minimum Gasteiger partial charge on any atom is -0.264 e. The molecule has 0 unspecified atom stereocenters. The highest BCUT2D eigenvalue weighted by Gasteiger charge is 1.95. The summed E-state index contributed by atoms with van der Waals surface area (Å²) >= 11 is 0. The predicted octanol–water partition coefficient (Wildman–Crippen LogP) is 0.144. The maximum Gasteiger partial charge on any atom is 0.264 e. The third-order valence-corrected chi connectivity index (χ3v) is 0.813. The first-order chi connectivity index (χ1) is 3.06. The van der Waals surface area contributed by atoms with Gasteiger partial charge in [-0.25, -0.2) is 0 Å². The third-order valence-electron chi connectivity index (χ3n) is 0.271. The Morgan fingerprint density at radius 2 is 2.00 bits per heavy atom. The van der Waals surface area contributed by atoms with Crippen LogP contribution in [0.2, 0.25) is 0 Å². The Morgan fingerprint density at radius 1 is 1.57 bits per heavy atom. The molecular formula is C3H7O3S. The highest BCUT2D eigenvalue weighted by atomic mass is 32.2. The van der Waals surface area contributed by atoms with Gasteiger partial charge in [0.15, 0.2) is 0 Å². The molecule has 0 atom stereocenters. The van der Waals surface area contributed by atoms with E-state index in [1.807, 2.05) is 0 Å². The fourth-order valence-electron chi connectivity index (χ4n) is 0.175. The van der Waals surface area contributed by atoms with Gasteiger partial charge in [-0.15, -0.1) is 0 Å². The van der Waals surface area contributed by atoms with Crippen molar-refractivity contribution in [3.8, 4) is 0 Å². The fraction of sp³-hybridized carbons (Fsp3) is 0.667. The molecule has 0 aromatic heterocycles. The van der Waals surface area contributed by atoms with Crippen LogP contribution in [0.1, 0.15) is 6.92 Å². The summed E-state index contributed by atoms with van der Waals surface area (Å²) in [5.74, 6) is 0. The van der Waals surface area contributed by atoms with Gasteiger partial charge in [0.2, 0.25) is 0 Å². The molecule has 4 heteroatoms. The molecular weight excluding hydrogens is 116 g/mol. The smallest absolute Gasteiger partial charge is 0.264 e. The summed E-state index contributed by atoms with van der Waals surface area (Å²) in [6.07, 6.45) is 0.993. The van der Waals surface area contributed by atoms with Crippen molar-refractivity contribution in [1.29, 1.82) is 0 Å². The molecule has 0 saturated carbocycles. The van der Waals surface area contributed by atoms with E-state index in [0.29, 0.717) is 0 Å². The average Bonchev–Trinajstić information content (AvgIpc) is 1.30. The largest absolute Gasteiger partial charge is 0.264 e. The van der Waals surface area contributed by atoms with Crippen molar-refractivity contribution in [2.45, 2.75) is 6.92 Å². The van der Waals surface area contributed by atoms with Gasteiger partial charge < -0.3 is 0 Å². The minimum absolute atomic E-state index is 0.993. The van der Waals surface area contributed by atoms with Crippen LogP contribution in [0, 0.1) is 6.61 Å². The molecule has 1 radical (unpaired) electrons. The molecule has 0 aliphatic carbocycles. The maximum absolute atomic E-state index is 9.98. The van der Waals surface area contributed by atoms with E-state index in [9.17, 15) is 8.42 Å². The van der Waals surface area contributed by atoms with Crippen LogP contribution in [-0.2, 0) is 14.3 Å². The van der Waals surface area contributed by atoms with Gasteiger partial charge in [0, 0.05) is 0 Å². The van der Waals surface area contributed by atoms with Gasteiger partial charge in [-0.3, -0.25) is 4.18 Å². The van der Waals surface area contributed by atoms with Crippen LogP contribution in [0.15, 0.2) is 0 Å². The van der Waals surface area contributed by atoms with Crippen molar-refractivity contribution in [1.82, 2.24) is 0 Å². The average molecular weight is 123 g/mol. The van der Waals surface area contributed by atoms with E-state index in [0.717, 1.165) is 12.9 Å². The van der Waals surface area contributed by atoms with Crippen molar-refractivity contribution in [2.75, 3.05) is 6.26 Å². The number of hydrogen-bond acceptors (Lipinski definition) is 3. The molecule has 0 aliphatic heterocycles. The van der Waals surface area contributed by atoms with E-state index in [1.165, 1.54) is 6.92 Å². The Balaban J connectivity index is 3.60. The molecule has 0 amide bonds. The second-order valence-corrected chi connectivity index (χ2v) is 2.64. The summed E-state index contributed by atoms with van der Waals surface area (Å²) < 4.78 is 24.0. The van der Waals surface area contributed by atoms with E-state index >= 15 is 0 Å². The van der Waals surface area contributed by atoms with Crippen LogP contribution in [0.25, 0.3) is 0 Å². The van der Waals surface area contributed by atoms with Crippen LogP contribution in [0.3, 0.4) is 0 Å². The van der Waals surface area contributed by atoms with Crippen molar-refractivity contribution in [3.63, 3.8) is 0 Å². The lowest BCUT2D eigenvalue weighted by atomic mass is 10.9. The van der Waals surface area contributed by atoms with Gasteiger partial charge in [-0.2, -0.15) is 8.42 Å². The summed E-state index contributed by atoms with van der Waals surface area (Å²) in [5, 5.41) is 0. The van der Waals surface area contributed by atoms with E-state index in [1.54, 1.807) is 0 Å². The second kappa shape index (κ2) is 2.28. The zero-order chi connectivity index (χ0) is 5.91. The lowest BCUT2D eigenvalue weighted by molar-refractivity contribution is 0.405.